The van der Waals surface area contributed by atoms with Crippen LogP contribution in [0.3, 0.4) is 0 Å². The zero-order chi connectivity index (χ0) is 19.1. The summed E-state index contributed by atoms with van der Waals surface area (Å²) in [5.41, 5.74) is 3.64. The monoisotopic (exact) mass is 353 g/mol. The molecule has 26 heavy (non-hydrogen) atoms. The van der Waals surface area contributed by atoms with Gasteiger partial charge in [0.15, 0.2) is 0 Å². The van der Waals surface area contributed by atoms with Gasteiger partial charge in [0.05, 0.1) is 11.6 Å². The molecule has 1 N–H and O–H groups in total. The smallest absolute Gasteiger partial charge is 0.130 e. The fourth-order valence-electron chi connectivity index (χ4n) is 2.49. The van der Waals surface area contributed by atoms with Crippen LogP contribution in [0, 0.1) is 23.0 Å². The Labute approximate surface area is 152 Å². The lowest BCUT2D eigenvalue weighted by molar-refractivity contribution is 0.406. The predicted molar refractivity (Wildman–Crippen MR) is 98.7 cm³/mol. The molecule has 0 unspecified atom stereocenters. The van der Waals surface area contributed by atoms with E-state index < -0.39 is 11.6 Å². The van der Waals surface area contributed by atoms with Gasteiger partial charge in [-0.05, 0) is 30.7 Å². The third-order valence-electron chi connectivity index (χ3n) is 3.93. The Hall–Kier alpha value is -2.97. The van der Waals surface area contributed by atoms with E-state index in [2.05, 4.69) is 24.5 Å². The van der Waals surface area contributed by atoms with Crippen molar-refractivity contribution >= 4 is 0 Å². The van der Waals surface area contributed by atoms with Crippen LogP contribution in [-0.2, 0) is 13.1 Å². The molecule has 0 radical (unpaired) electrons. The molecule has 0 saturated heterocycles. The summed E-state index contributed by atoms with van der Waals surface area (Å²) >= 11 is 0. The van der Waals surface area contributed by atoms with Crippen LogP contribution in [0.4, 0.5) is 8.78 Å². The van der Waals surface area contributed by atoms with Crippen molar-refractivity contribution in [1.29, 1.82) is 5.26 Å². The highest BCUT2D eigenvalue weighted by Gasteiger charge is 2.10. The molecule has 2 rings (SSSR count). The molecule has 0 saturated carbocycles. The van der Waals surface area contributed by atoms with Crippen molar-refractivity contribution in [1.82, 2.24) is 10.2 Å². The van der Waals surface area contributed by atoms with Gasteiger partial charge in [0.25, 0.3) is 0 Å². The number of halogens is 2. The SMILES string of the molecule is C=C(C)N(Cc1ccc(C#N)cc1)C(=C)CNCc1ccc(F)cc1F. The Morgan fingerprint density at radius 3 is 2.42 bits per heavy atom. The van der Waals surface area contributed by atoms with Crippen molar-refractivity contribution in [2.24, 2.45) is 0 Å². The van der Waals surface area contributed by atoms with Gasteiger partial charge in [-0.2, -0.15) is 5.26 Å². The van der Waals surface area contributed by atoms with Crippen LogP contribution >= 0.6 is 0 Å². The van der Waals surface area contributed by atoms with Crippen LogP contribution in [0.25, 0.3) is 0 Å². The van der Waals surface area contributed by atoms with Gasteiger partial charge >= 0.3 is 0 Å². The first-order chi connectivity index (χ1) is 12.4. The van der Waals surface area contributed by atoms with Crippen molar-refractivity contribution in [2.75, 3.05) is 6.54 Å². The van der Waals surface area contributed by atoms with Crippen molar-refractivity contribution in [3.63, 3.8) is 0 Å². The first-order valence-corrected chi connectivity index (χ1v) is 8.15. The highest BCUT2D eigenvalue weighted by Crippen LogP contribution is 2.16. The minimum absolute atomic E-state index is 0.270. The number of hydrogen-bond donors (Lipinski definition) is 1. The first-order valence-electron chi connectivity index (χ1n) is 8.15. The number of nitrogens with zero attached hydrogens (tertiary/aromatic N) is 2. The highest BCUT2D eigenvalue weighted by atomic mass is 19.1. The summed E-state index contributed by atoms with van der Waals surface area (Å²) in [7, 11) is 0. The van der Waals surface area contributed by atoms with Crippen molar-refractivity contribution in [3.8, 4) is 6.07 Å². The molecular formula is C21H21F2N3. The lowest BCUT2D eigenvalue weighted by atomic mass is 10.1. The molecule has 0 aliphatic heterocycles. The van der Waals surface area contributed by atoms with E-state index >= 15 is 0 Å². The van der Waals surface area contributed by atoms with Gasteiger partial charge in [0.1, 0.15) is 11.6 Å². The van der Waals surface area contributed by atoms with Gasteiger partial charge in [0.2, 0.25) is 0 Å². The number of benzene rings is 2. The Bertz CT molecular complexity index is 835. The number of nitrogens with one attached hydrogen (secondary N) is 1. The fourth-order valence-corrected chi connectivity index (χ4v) is 2.49. The summed E-state index contributed by atoms with van der Waals surface area (Å²) in [4.78, 5) is 1.95. The Morgan fingerprint density at radius 1 is 1.15 bits per heavy atom. The second-order valence-corrected chi connectivity index (χ2v) is 6.04. The zero-order valence-corrected chi connectivity index (χ0v) is 14.7. The minimum atomic E-state index is -0.591. The molecule has 0 aromatic heterocycles. The van der Waals surface area contributed by atoms with E-state index in [0.717, 1.165) is 23.0 Å². The average molecular weight is 353 g/mol. The summed E-state index contributed by atoms with van der Waals surface area (Å²) in [6, 6.07) is 12.9. The summed E-state index contributed by atoms with van der Waals surface area (Å²) < 4.78 is 26.6. The van der Waals surface area contributed by atoms with Crippen LogP contribution in [0.5, 0.6) is 0 Å². The molecule has 2 aromatic carbocycles. The molecule has 5 heteroatoms. The van der Waals surface area contributed by atoms with Crippen LogP contribution < -0.4 is 5.32 Å². The maximum Gasteiger partial charge on any atom is 0.130 e. The molecular weight excluding hydrogens is 332 g/mol. The average Bonchev–Trinajstić information content (AvgIpc) is 2.61. The highest BCUT2D eigenvalue weighted by molar-refractivity contribution is 5.32. The molecule has 0 spiro atoms. The normalized spacial score (nSPS) is 10.2. The molecule has 134 valence electrons. The first kappa shape index (κ1) is 19.4. The third kappa shape index (κ3) is 5.27. The molecule has 0 fully saturated rings. The molecule has 0 aliphatic rings. The van der Waals surface area contributed by atoms with Gasteiger partial charge in [-0.3, -0.25) is 0 Å². The third-order valence-corrected chi connectivity index (χ3v) is 3.93. The van der Waals surface area contributed by atoms with Gasteiger partial charge < -0.3 is 10.2 Å². The van der Waals surface area contributed by atoms with E-state index in [1.54, 1.807) is 12.1 Å². The van der Waals surface area contributed by atoms with Crippen LogP contribution in [0.2, 0.25) is 0 Å². The van der Waals surface area contributed by atoms with E-state index in [4.69, 9.17) is 5.26 Å². The summed E-state index contributed by atoms with van der Waals surface area (Å²) in [5, 5.41) is 12.0. The van der Waals surface area contributed by atoms with Crippen molar-refractivity contribution in [3.05, 3.63) is 95.3 Å². The Balaban J connectivity index is 1.95. The summed E-state index contributed by atoms with van der Waals surface area (Å²) in [6.45, 7) is 11.2. The van der Waals surface area contributed by atoms with E-state index in [1.165, 1.54) is 12.1 Å². The standard InChI is InChI=1S/C21H21F2N3/c1-15(2)26(14-18-6-4-17(11-24)5-7-18)16(3)12-25-13-19-8-9-20(22)10-21(19)23/h4-10,25H,1,3,12-14H2,2H3. The van der Waals surface area contributed by atoms with E-state index in [0.29, 0.717) is 24.2 Å². The predicted octanol–water partition coefficient (Wildman–Crippen LogP) is 4.48. The maximum absolute atomic E-state index is 13.7. The quantitative estimate of drug-likeness (QED) is 0.761. The van der Waals surface area contributed by atoms with Crippen LogP contribution in [0.1, 0.15) is 23.6 Å². The second-order valence-electron chi connectivity index (χ2n) is 6.04. The number of allylic oxidation sites excluding steroid dienone is 1. The lowest BCUT2D eigenvalue weighted by Gasteiger charge is -2.27. The number of nitriles is 1. The zero-order valence-electron chi connectivity index (χ0n) is 14.7. The lowest BCUT2D eigenvalue weighted by Crippen LogP contribution is -2.28. The number of rotatable bonds is 8. The van der Waals surface area contributed by atoms with Gasteiger partial charge in [-0.1, -0.05) is 31.4 Å². The summed E-state index contributed by atoms with van der Waals surface area (Å²) in [5.74, 6) is -1.16. The van der Waals surface area contributed by atoms with Gasteiger partial charge in [0, 0.05) is 42.7 Å². The van der Waals surface area contributed by atoms with Crippen LogP contribution in [0.15, 0.2) is 67.0 Å². The topological polar surface area (TPSA) is 39.1 Å². The summed E-state index contributed by atoms with van der Waals surface area (Å²) in [6.07, 6.45) is 0. The molecule has 0 atom stereocenters. The molecule has 0 bridgehead atoms. The van der Waals surface area contributed by atoms with Gasteiger partial charge in [-0.15, -0.1) is 0 Å². The maximum atomic E-state index is 13.7. The molecule has 3 nitrogen and oxygen atoms in total. The Morgan fingerprint density at radius 2 is 1.85 bits per heavy atom. The molecule has 0 amide bonds. The van der Waals surface area contributed by atoms with E-state index in [9.17, 15) is 8.78 Å². The largest absolute Gasteiger partial charge is 0.344 e. The molecule has 0 heterocycles. The van der Waals surface area contributed by atoms with Gasteiger partial charge in [-0.25, -0.2) is 8.78 Å². The van der Waals surface area contributed by atoms with E-state index in [-0.39, 0.29) is 6.54 Å². The van der Waals surface area contributed by atoms with Crippen molar-refractivity contribution < 1.29 is 8.78 Å². The van der Waals surface area contributed by atoms with Crippen molar-refractivity contribution in [2.45, 2.75) is 20.0 Å². The minimum Gasteiger partial charge on any atom is -0.344 e. The molecule has 0 aliphatic carbocycles. The van der Waals surface area contributed by atoms with Crippen LogP contribution in [-0.4, -0.2) is 11.4 Å². The van der Waals surface area contributed by atoms with E-state index in [1.807, 2.05) is 24.0 Å². The fraction of sp³-hybridized carbons (Fsp3) is 0.190. The molecule has 2 aromatic rings. The Kier molecular flexibility index (Phi) is 6.65. The second kappa shape index (κ2) is 8.93. The number of hydrogen-bond acceptors (Lipinski definition) is 3.